The van der Waals surface area contributed by atoms with Crippen molar-refractivity contribution >= 4 is 33.0 Å². The molecular weight excluding hydrogens is 493 g/mol. The van der Waals surface area contributed by atoms with E-state index in [1.807, 2.05) is 55.9 Å². The zero-order chi connectivity index (χ0) is 24.5. The lowest BCUT2D eigenvalue weighted by Gasteiger charge is -2.26. The molecule has 4 aromatic rings. The highest BCUT2D eigenvalue weighted by Crippen LogP contribution is 2.31. The highest BCUT2D eigenvalue weighted by molar-refractivity contribution is 7.91. The SMILES string of the molecule is Cn1nc(CCc2ccc(F)cc2)cc1-c1cccc(C(C)(C)NS(=O)(=O)c2ccc(Cl)s2)c1. The number of hydrogen-bond donors (Lipinski definition) is 1. The zero-order valence-corrected chi connectivity index (χ0v) is 21.4. The van der Waals surface area contributed by atoms with E-state index in [0.717, 1.165) is 52.3 Å². The minimum Gasteiger partial charge on any atom is -0.268 e. The van der Waals surface area contributed by atoms with Crippen molar-refractivity contribution < 1.29 is 12.8 Å². The molecule has 0 aliphatic heterocycles. The van der Waals surface area contributed by atoms with Gasteiger partial charge in [-0.05, 0) is 74.2 Å². The molecule has 0 aliphatic carbocycles. The first kappa shape index (κ1) is 24.6. The number of sulfonamides is 1. The minimum atomic E-state index is -3.72. The highest BCUT2D eigenvalue weighted by atomic mass is 35.5. The Morgan fingerprint density at radius 1 is 1.06 bits per heavy atom. The number of nitrogens with one attached hydrogen (secondary N) is 1. The van der Waals surface area contributed by atoms with Crippen molar-refractivity contribution in [2.45, 2.75) is 36.4 Å². The fourth-order valence-electron chi connectivity index (χ4n) is 3.80. The van der Waals surface area contributed by atoms with Crippen LogP contribution in [0.2, 0.25) is 4.34 Å². The van der Waals surface area contributed by atoms with Crippen LogP contribution in [0.5, 0.6) is 0 Å². The summed E-state index contributed by atoms with van der Waals surface area (Å²) in [6.07, 6.45) is 1.49. The van der Waals surface area contributed by atoms with Gasteiger partial charge in [0.1, 0.15) is 10.0 Å². The monoisotopic (exact) mass is 517 g/mol. The predicted molar refractivity (Wildman–Crippen MR) is 135 cm³/mol. The number of hydrogen-bond acceptors (Lipinski definition) is 4. The van der Waals surface area contributed by atoms with Crippen molar-refractivity contribution in [1.82, 2.24) is 14.5 Å². The van der Waals surface area contributed by atoms with Crippen molar-refractivity contribution in [2.24, 2.45) is 7.05 Å². The van der Waals surface area contributed by atoms with Crippen molar-refractivity contribution in [3.8, 4) is 11.3 Å². The van der Waals surface area contributed by atoms with E-state index >= 15 is 0 Å². The Morgan fingerprint density at radius 2 is 1.79 bits per heavy atom. The molecule has 0 radical (unpaired) electrons. The van der Waals surface area contributed by atoms with Crippen LogP contribution in [0.15, 0.2) is 70.9 Å². The summed E-state index contributed by atoms with van der Waals surface area (Å²) in [6, 6.07) is 19.4. The van der Waals surface area contributed by atoms with Crippen LogP contribution in [0.4, 0.5) is 4.39 Å². The quantitative estimate of drug-likeness (QED) is 0.314. The van der Waals surface area contributed by atoms with Crippen LogP contribution in [-0.4, -0.2) is 18.2 Å². The van der Waals surface area contributed by atoms with Crippen LogP contribution >= 0.6 is 22.9 Å². The van der Waals surface area contributed by atoms with Crippen LogP contribution in [0.1, 0.15) is 30.7 Å². The van der Waals surface area contributed by atoms with Crippen LogP contribution in [0, 0.1) is 5.82 Å². The second kappa shape index (κ2) is 9.62. The molecule has 1 N–H and O–H groups in total. The molecule has 0 unspecified atom stereocenters. The van der Waals surface area contributed by atoms with E-state index in [4.69, 9.17) is 11.6 Å². The minimum absolute atomic E-state index is 0.180. The van der Waals surface area contributed by atoms with Crippen molar-refractivity contribution in [3.63, 3.8) is 0 Å². The van der Waals surface area contributed by atoms with Gasteiger partial charge in [0.15, 0.2) is 0 Å². The lowest BCUT2D eigenvalue weighted by molar-refractivity contribution is 0.473. The molecule has 9 heteroatoms. The van der Waals surface area contributed by atoms with Gasteiger partial charge in [-0.3, -0.25) is 4.68 Å². The first-order valence-electron chi connectivity index (χ1n) is 10.7. The van der Waals surface area contributed by atoms with Gasteiger partial charge >= 0.3 is 0 Å². The Bertz CT molecular complexity index is 1410. The molecule has 4 rings (SSSR count). The van der Waals surface area contributed by atoms with Gasteiger partial charge in [0.25, 0.3) is 10.0 Å². The average Bonchev–Trinajstić information content (AvgIpc) is 3.39. The molecular formula is C25H25ClFN3O2S2. The Labute approximate surface area is 208 Å². The molecule has 0 atom stereocenters. The second-order valence-electron chi connectivity index (χ2n) is 8.64. The molecule has 0 amide bonds. The van der Waals surface area contributed by atoms with Gasteiger partial charge in [-0.2, -0.15) is 5.10 Å². The summed E-state index contributed by atoms with van der Waals surface area (Å²) >= 11 is 6.95. The van der Waals surface area contributed by atoms with Crippen molar-refractivity contribution in [1.29, 1.82) is 0 Å². The number of rotatable bonds is 8. The number of halogens is 2. The van der Waals surface area contributed by atoms with Crippen LogP contribution in [-0.2, 0) is 35.5 Å². The first-order valence-corrected chi connectivity index (χ1v) is 13.4. The van der Waals surface area contributed by atoms with Crippen LogP contribution in [0.3, 0.4) is 0 Å². The van der Waals surface area contributed by atoms with Gasteiger partial charge in [0, 0.05) is 12.6 Å². The molecule has 0 saturated heterocycles. The lowest BCUT2D eigenvalue weighted by Crippen LogP contribution is -2.40. The van der Waals surface area contributed by atoms with Gasteiger partial charge in [-0.25, -0.2) is 17.5 Å². The molecule has 2 aromatic heterocycles. The summed E-state index contributed by atoms with van der Waals surface area (Å²) in [6.45, 7) is 3.66. The largest absolute Gasteiger partial charge is 0.268 e. The van der Waals surface area contributed by atoms with E-state index in [1.165, 1.54) is 18.2 Å². The zero-order valence-electron chi connectivity index (χ0n) is 19.0. The molecule has 2 heterocycles. The third-order valence-electron chi connectivity index (χ3n) is 5.60. The molecule has 2 aromatic carbocycles. The third-order valence-corrected chi connectivity index (χ3v) is 8.98. The second-order valence-corrected chi connectivity index (χ2v) is 12.3. The predicted octanol–water partition coefficient (Wildman–Crippen LogP) is 5.94. The van der Waals surface area contributed by atoms with E-state index in [1.54, 1.807) is 18.2 Å². The van der Waals surface area contributed by atoms with Crippen molar-refractivity contribution in [3.05, 3.63) is 93.7 Å². The Kier molecular flexibility index (Phi) is 6.96. The summed E-state index contributed by atoms with van der Waals surface area (Å²) < 4.78 is 44.1. The molecule has 5 nitrogen and oxygen atoms in total. The van der Waals surface area contributed by atoms with E-state index < -0.39 is 15.6 Å². The fraction of sp³-hybridized carbons (Fsp3) is 0.240. The highest BCUT2D eigenvalue weighted by Gasteiger charge is 2.29. The fourth-order valence-corrected chi connectivity index (χ4v) is 6.68. The van der Waals surface area contributed by atoms with Gasteiger partial charge in [0.05, 0.1) is 21.3 Å². The van der Waals surface area contributed by atoms with Crippen LogP contribution in [0.25, 0.3) is 11.3 Å². The molecule has 0 saturated carbocycles. The molecule has 0 bridgehead atoms. The first-order chi connectivity index (χ1) is 16.0. The molecule has 0 spiro atoms. The number of aryl methyl sites for hydroxylation is 3. The summed E-state index contributed by atoms with van der Waals surface area (Å²) in [5.74, 6) is -0.242. The molecule has 0 fully saturated rings. The summed E-state index contributed by atoms with van der Waals surface area (Å²) in [7, 11) is -1.83. The summed E-state index contributed by atoms with van der Waals surface area (Å²) in [5, 5.41) is 4.63. The van der Waals surface area contributed by atoms with E-state index in [2.05, 4.69) is 9.82 Å². The number of aromatic nitrogens is 2. The van der Waals surface area contributed by atoms with Gasteiger partial charge in [0.2, 0.25) is 0 Å². The summed E-state index contributed by atoms with van der Waals surface area (Å²) in [4.78, 5) is 0. The Morgan fingerprint density at radius 3 is 2.47 bits per heavy atom. The van der Waals surface area contributed by atoms with Crippen molar-refractivity contribution in [2.75, 3.05) is 0 Å². The van der Waals surface area contributed by atoms with Gasteiger partial charge < -0.3 is 0 Å². The van der Waals surface area contributed by atoms with Gasteiger partial charge in [-0.15, -0.1) is 11.3 Å². The maximum absolute atomic E-state index is 13.1. The molecule has 34 heavy (non-hydrogen) atoms. The smallest absolute Gasteiger partial charge is 0.250 e. The van der Waals surface area contributed by atoms with Gasteiger partial charge in [-0.1, -0.05) is 41.9 Å². The molecule has 178 valence electrons. The maximum atomic E-state index is 13.1. The number of nitrogens with zero attached hydrogens (tertiary/aromatic N) is 2. The molecule has 0 aliphatic rings. The third kappa shape index (κ3) is 5.58. The number of thiophene rings is 1. The summed E-state index contributed by atoms with van der Waals surface area (Å²) in [5.41, 5.74) is 3.82. The van der Waals surface area contributed by atoms with E-state index in [9.17, 15) is 12.8 Å². The Balaban J connectivity index is 1.54. The lowest BCUT2D eigenvalue weighted by atomic mass is 9.93. The average molecular weight is 518 g/mol. The topological polar surface area (TPSA) is 64.0 Å². The van der Waals surface area contributed by atoms with E-state index in [0.29, 0.717) is 4.34 Å². The Hall–Kier alpha value is -2.52. The normalized spacial score (nSPS) is 12.3. The maximum Gasteiger partial charge on any atom is 0.250 e. The number of benzene rings is 2. The standard InChI is InChI=1S/C25H25ClFN3O2S2/c1-25(2,29-34(31,32)24-14-13-23(26)33-24)19-6-4-5-18(15-19)22-16-21(28-30(22)3)12-9-17-7-10-20(27)11-8-17/h4-8,10-11,13-16,29H,9,12H2,1-3H3. The van der Waals surface area contributed by atoms with Crippen LogP contribution < -0.4 is 4.72 Å². The van der Waals surface area contributed by atoms with E-state index in [-0.39, 0.29) is 10.0 Å².